The second kappa shape index (κ2) is 7.97. The lowest BCUT2D eigenvalue weighted by Crippen LogP contribution is -2.23. The molecule has 1 N–H and O–H groups in total. The zero-order chi connectivity index (χ0) is 20.2. The Hall–Kier alpha value is -3.94. The van der Waals surface area contributed by atoms with Crippen LogP contribution in [0.5, 0.6) is 11.8 Å². The third-order valence-corrected chi connectivity index (χ3v) is 4.53. The maximum atomic E-state index is 11.4. The van der Waals surface area contributed by atoms with Crippen molar-refractivity contribution in [3.05, 3.63) is 60.9 Å². The molecule has 0 saturated heterocycles. The minimum Gasteiger partial charge on any atom is -0.426 e. The third kappa shape index (κ3) is 3.73. The molecule has 0 aliphatic heterocycles. The van der Waals surface area contributed by atoms with Crippen LogP contribution in [0.2, 0.25) is 0 Å². The van der Waals surface area contributed by atoms with Gasteiger partial charge in [-0.25, -0.2) is 9.97 Å². The summed E-state index contributed by atoms with van der Waals surface area (Å²) in [6, 6.07) is 15.3. The van der Waals surface area contributed by atoms with Crippen molar-refractivity contribution < 1.29 is 9.53 Å². The van der Waals surface area contributed by atoms with Gasteiger partial charge in [-0.2, -0.15) is 4.98 Å². The zero-order valence-electron chi connectivity index (χ0n) is 16.1. The Bertz CT molecular complexity index is 1090. The second-order valence-corrected chi connectivity index (χ2v) is 6.31. The molecule has 0 spiro atoms. The van der Waals surface area contributed by atoms with E-state index >= 15 is 0 Å². The maximum absolute atomic E-state index is 11.4. The largest absolute Gasteiger partial charge is 0.426 e. The Balaban J connectivity index is 1.55. The molecule has 4 aromatic rings. The van der Waals surface area contributed by atoms with Gasteiger partial charge in [0, 0.05) is 31.7 Å². The lowest BCUT2D eigenvalue weighted by molar-refractivity contribution is -0.107. The van der Waals surface area contributed by atoms with E-state index in [0.717, 1.165) is 23.3 Å². The number of amides is 1. The number of benzene rings is 1. The van der Waals surface area contributed by atoms with E-state index in [0.29, 0.717) is 29.8 Å². The quantitative estimate of drug-likeness (QED) is 0.483. The molecule has 0 aliphatic carbocycles. The Morgan fingerprint density at radius 2 is 1.83 bits per heavy atom. The molecule has 146 valence electrons. The third-order valence-electron chi connectivity index (χ3n) is 4.53. The molecule has 3 heterocycles. The number of nitrogens with zero attached hydrogens (tertiary/aromatic N) is 5. The van der Waals surface area contributed by atoms with E-state index in [1.807, 2.05) is 67.4 Å². The van der Waals surface area contributed by atoms with Crippen molar-refractivity contribution in [3.8, 4) is 11.8 Å². The molecule has 0 unspecified atom stereocenters. The number of imidazole rings is 1. The Kier molecular flexibility index (Phi) is 5.07. The summed E-state index contributed by atoms with van der Waals surface area (Å²) in [6.45, 7) is 2.49. The smallest absolute Gasteiger partial charge is 0.301 e. The van der Waals surface area contributed by atoms with Crippen LogP contribution in [0.25, 0.3) is 11.2 Å². The highest BCUT2D eigenvalue weighted by Gasteiger charge is 2.15. The van der Waals surface area contributed by atoms with Crippen LogP contribution in [0.15, 0.2) is 60.9 Å². The van der Waals surface area contributed by atoms with E-state index in [1.165, 1.54) is 0 Å². The number of pyridine rings is 2. The van der Waals surface area contributed by atoms with Gasteiger partial charge in [-0.3, -0.25) is 9.78 Å². The van der Waals surface area contributed by atoms with Gasteiger partial charge < -0.3 is 14.5 Å². The molecule has 29 heavy (non-hydrogen) atoms. The molecule has 3 aromatic heterocycles. The average molecular weight is 388 g/mol. The van der Waals surface area contributed by atoms with Crippen LogP contribution in [0.1, 0.15) is 6.92 Å². The first-order valence-electron chi connectivity index (χ1n) is 9.19. The van der Waals surface area contributed by atoms with Gasteiger partial charge in [0.25, 0.3) is 0 Å². The van der Waals surface area contributed by atoms with Gasteiger partial charge in [-0.15, -0.1) is 0 Å². The average Bonchev–Trinajstić information content (AvgIpc) is 3.17. The van der Waals surface area contributed by atoms with Gasteiger partial charge in [0.2, 0.25) is 6.41 Å². The predicted octanol–water partition coefficient (Wildman–Crippen LogP) is 3.90. The Morgan fingerprint density at radius 3 is 2.55 bits per heavy atom. The highest BCUT2D eigenvalue weighted by molar-refractivity contribution is 5.84. The summed E-state index contributed by atoms with van der Waals surface area (Å²) in [5, 5.41) is 0. The fourth-order valence-electron chi connectivity index (χ4n) is 3.01. The van der Waals surface area contributed by atoms with Gasteiger partial charge in [0.05, 0.1) is 5.69 Å². The number of carbonyl (C=O) groups excluding carboxylic acids is 1. The Labute approximate surface area is 167 Å². The van der Waals surface area contributed by atoms with Crippen molar-refractivity contribution in [1.29, 1.82) is 0 Å². The summed E-state index contributed by atoms with van der Waals surface area (Å²) in [7, 11) is 1.91. The standard InChI is InChI=1S/C21H20N6O2/c1-3-27(14-28)18-7-5-13-23-20(18)26(2)15-8-10-16(11-9-15)29-21-24-17-6-4-12-22-19(17)25-21/h4-14H,3H2,1-2H3,(H,22,24,25). The molecule has 0 radical (unpaired) electrons. The topological polar surface area (TPSA) is 87.2 Å². The van der Waals surface area contributed by atoms with Crippen LogP contribution in [0, 0.1) is 0 Å². The maximum Gasteiger partial charge on any atom is 0.301 e. The summed E-state index contributed by atoms with van der Waals surface area (Å²) in [5.74, 6) is 1.34. The molecule has 0 fully saturated rings. The minimum absolute atomic E-state index is 0.386. The van der Waals surface area contributed by atoms with E-state index in [4.69, 9.17) is 4.74 Å². The zero-order valence-corrected chi connectivity index (χ0v) is 16.1. The first-order chi connectivity index (χ1) is 14.2. The lowest BCUT2D eigenvalue weighted by atomic mass is 10.2. The van der Waals surface area contributed by atoms with Gasteiger partial charge in [0.15, 0.2) is 11.5 Å². The monoisotopic (exact) mass is 388 g/mol. The summed E-state index contributed by atoms with van der Waals surface area (Å²) in [6.07, 6.45) is 4.22. The number of anilines is 3. The minimum atomic E-state index is 0.386. The number of H-pyrrole nitrogens is 1. The van der Waals surface area contributed by atoms with Crippen LogP contribution < -0.4 is 14.5 Å². The molecule has 0 atom stereocenters. The molecule has 0 aliphatic rings. The number of nitrogens with one attached hydrogen (secondary N) is 1. The number of hydrogen-bond donors (Lipinski definition) is 1. The molecular formula is C21H20N6O2. The number of ether oxygens (including phenoxy) is 1. The molecule has 8 nitrogen and oxygen atoms in total. The van der Waals surface area contributed by atoms with Crippen LogP contribution in [0.4, 0.5) is 17.2 Å². The molecule has 1 amide bonds. The summed E-state index contributed by atoms with van der Waals surface area (Å²) in [4.78, 5) is 31.0. The van der Waals surface area contributed by atoms with Crippen molar-refractivity contribution in [2.24, 2.45) is 0 Å². The number of aromatic amines is 1. The molecule has 0 bridgehead atoms. The van der Waals surface area contributed by atoms with Crippen molar-refractivity contribution in [1.82, 2.24) is 19.9 Å². The van der Waals surface area contributed by atoms with Gasteiger partial charge in [-0.1, -0.05) is 0 Å². The number of aromatic nitrogens is 4. The predicted molar refractivity (Wildman–Crippen MR) is 112 cm³/mol. The first-order valence-corrected chi connectivity index (χ1v) is 9.19. The summed E-state index contributed by atoms with van der Waals surface area (Å²) >= 11 is 0. The van der Waals surface area contributed by atoms with E-state index in [2.05, 4.69) is 19.9 Å². The number of carbonyl (C=O) groups is 1. The van der Waals surface area contributed by atoms with Crippen LogP contribution in [-0.2, 0) is 4.79 Å². The highest BCUT2D eigenvalue weighted by Crippen LogP contribution is 2.32. The first kappa shape index (κ1) is 18.4. The van der Waals surface area contributed by atoms with Crippen LogP contribution in [-0.4, -0.2) is 39.9 Å². The number of hydrogen-bond acceptors (Lipinski definition) is 6. The summed E-state index contributed by atoms with van der Waals surface area (Å²) < 4.78 is 5.81. The van der Waals surface area contributed by atoms with E-state index < -0.39 is 0 Å². The SMILES string of the molecule is CCN(C=O)c1cccnc1N(C)c1ccc(Oc2nc3cccnc3[nH]2)cc1. The van der Waals surface area contributed by atoms with Crippen molar-refractivity contribution in [2.45, 2.75) is 6.92 Å². The Morgan fingerprint density at radius 1 is 1.07 bits per heavy atom. The molecule has 8 heteroatoms. The second-order valence-electron chi connectivity index (χ2n) is 6.31. The number of rotatable bonds is 7. The lowest BCUT2D eigenvalue weighted by Gasteiger charge is -2.25. The molecule has 0 saturated carbocycles. The number of fused-ring (bicyclic) bond motifs is 1. The van der Waals surface area contributed by atoms with Gasteiger partial charge >= 0.3 is 6.01 Å². The van der Waals surface area contributed by atoms with E-state index in [1.54, 1.807) is 17.3 Å². The van der Waals surface area contributed by atoms with Crippen molar-refractivity contribution in [2.75, 3.05) is 23.4 Å². The molecule has 4 rings (SSSR count). The van der Waals surface area contributed by atoms with Crippen molar-refractivity contribution >= 4 is 34.8 Å². The van der Waals surface area contributed by atoms with Crippen LogP contribution in [0.3, 0.4) is 0 Å². The van der Waals surface area contributed by atoms with E-state index in [9.17, 15) is 4.79 Å². The van der Waals surface area contributed by atoms with Crippen LogP contribution >= 0.6 is 0 Å². The fraction of sp³-hybridized carbons (Fsp3) is 0.143. The molecular weight excluding hydrogens is 368 g/mol. The fourth-order valence-corrected chi connectivity index (χ4v) is 3.01. The normalized spacial score (nSPS) is 10.7. The highest BCUT2D eigenvalue weighted by atomic mass is 16.5. The van der Waals surface area contributed by atoms with Gasteiger partial charge in [0.1, 0.15) is 11.3 Å². The summed E-state index contributed by atoms with van der Waals surface area (Å²) in [5.41, 5.74) is 3.09. The van der Waals surface area contributed by atoms with Crippen molar-refractivity contribution in [3.63, 3.8) is 0 Å². The van der Waals surface area contributed by atoms with Gasteiger partial charge in [-0.05, 0) is 55.5 Å². The van der Waals surface area contributed by atoms with E-state index in [-0.39, 0.29) is 0 Å². The molecule has 1 aromatic carbocycles.